The van der Waals surface area contributed by atoms with E-state index in [0.29, 0.717) is 0 Å². The molecule has 1 rings (SSSR count). The summed E-state index contributed by atoms with van der Waals surface area (Å²) < 4.78 is 1.36. The Kier molecular flexibility index (Phi) is 3.61. The zero-order valence-electron chi connectivity index (χ0n) is 7.84. The SMILES string of the molecule is Cn1ccnc(NC(CO)CO)c1=O. The summed E-state index contributed by atoms with van der Waals surface area (Å²) in [5.74, 6) is 0.128. The van der Waals surface area contributed by atoms with E-state index in [1.54, 1.807) is 7.05 Å². The molecule has 1 aromatic heterocycles. The van der Waals surface area contributed by atoms with Crippen LogP contribution in [0.4, 0.5) is 5.82 Å². The highest BCUT2D eigenvalue weighted by atomic mass is 16.3. The summed E-state index contributed by atoms with van der Waals surface area (Å²) in [5.41, 5.74) is -0.292. The summed E-state index contributed by atoms with van der Waals surface area (Å²) >= 11 is 0. The molecule has 1 aromatic rings. The average molecular weight is 199 g/mol. The summed E-state index contributed by atoms with van der Waals surface area (Å²) in [6.45, 7) is -0.507. The molecule has 0 saturated carbocycles. The Morgan fingerprint density at radius 3 is 2.79 bits per heavy atom. The van der Waals surface area contributed by atoms with Crippen molar-refractivity contribution in [3.8, 4) is 0 Å². The molecule has 0 bridgehead atoms. The van der Waals surface area contributed by atoms with Crippen LogP contribution in [0, 0.1) is 0 Å². The Hall–Kier alpha value is -1.40. The van der Waals surface area contributed by atoms with E-state index < -0.39 is 6.04 Å². The maximum absolute atomic E-state index is 11.4. The second-order valence-corrected chi connectivity index (χ2v) is 2.90. The van der Waals surface area contributed by atoms with E-state index in [0.717, 1.165) is 0 Å². The Labute approximate surface area is 80.8 Å². The number of rotatable bonds is 4. The standard InChI is InChI=1S/C8H13N3O3/c1-11-3-2-9-7(8(11)14)10-6(4-12)5-13/h2-3,6,12-13H,4-5H2,1H3,(H,9,10). The fraction of sp³-hybridized carbons (Fsp3) is 0.500. The van der Waals surface area contributed by atoms with Crippen LogP contribution in [0.25, 0.3) is 0 Å². The number of hydrogen-bond acceptors (Lipinski definition) is 5. The number of nitrogens with one attached hydrogen (secondary N) is 1. The van der Waals surface area contributed by atoms with Gasteiger partial charge < -0.3 is 20.1 Å². The highest BCUT2D eigenvalue weighted by molar-refractivity contribution is 5.32. The van der Waals surface area contributed by atoms with Crippen molar-refractivity contribution < 1.29 is 10.2 Å². The summed E-state index contributed by atoms with van der Waals surface area (Å²) in [4.78, 5) is 15.2. The van der Waals surface area contributed by atoms with Crippen LogP contribution in [-0.4, -0.2) is 39.0 Å². The Morgan fingerprint density at radius 2 is 2.21 bits per heavy atom. The Morgan fingerprint density at radius 1 is 1.57 bits per heavy atom. The minimum absolute atomic E-state index is 0.128. The van der Waals surface area contributed by atoms with Crippen molar-refractivity contribution in [2.75, 3.05) is 18.5 Å². The monoisotopic (exact) mass is 199 g/mol. The highest BCUT2D eigenvalue weighted by Crippen LogP contribution is 1.95. The van der Waals surface area contributed by atoms with Crippen LogP contribution >= 0.6 is 0 Å². The van der Waals surface area contributed by atoms with Gasteiger partial charge in [0, 0.05) is 19.4 Å². The number of aliphatic hydroxyl groups is 2. The first-order valence-electron chi connectivity index (χ1n) is 4.19. The third kappa shape index (κ3) is 2.30. The molecule has 0 aliphatic heterocycles. The minimum atomic E-state index is -0.558. The van der Waals surface area contributed by atoms with Crippen LogP contribution in [0.3, 0.4) is 0 Å². The van der Waals surface area contributed by atoms with Crippen LogP contribution < -0.4 is 10.9 Å². The molecular weight excluding hydrogens is 186 g/mol. The first-order valence-corrected chi connectivity index (χ1v) is 4.19. The van der Waals surface area contributed by atoms with Crippen LogP contribution in [0.15, 0.2) is 17.2 Å². The van der Waals surface area contributed by atoms with Crippen molar-refractivity contribution in [1.29, 1.82) is 0 Å². The molecule has 0 aliphatic rings. The van der Waals surface area contributed by atoms with E-state index in [9.17, 15) is 4.79 Å². The maximum atomic E-state index is 11.4. The molecule has 0 spiro atoms. The fourth-order valence-electron chi connectivity index (χ4n) is 0.939. The third-order valence-corrected chi connectivity index (χ3v) is 1.80. The first kappa shape index (κ1) is 10.7. The number of aliphatic hydroxyl groups excluding tert-OH is 2. The first-order chi connectivity index (χ1) is 6.69. The van der Waals surface area contributed by atoms with E-state index in [1.165, 1.54) is 17.0 Å². The van der Waals surface area contributed by atoms with E-state index in [4.69, 9.17) is 10.2 Å². The van der Waals surface area contributed by atoms with Gasteiger partial charge in [-0.05, 0) is 0 Å². The zero-order valence-corrected chi connectivity index (χ0v) is 7.84. The molecule has 6 nitrogen and oxygen atoms in total. The van der Waals surface area contributed by atoms with Gasteiger partial charge in [0.15, 0.2) is 5.82 Å². The second-order valence-electron chi connectivity index (χ2n) is 2.90. The van der Waals surface area contributed by atoms with Crippen molar-refractivity contribution in [3.63, 3.8) is 0 Å². The molecule has 0 unspecified atom stereocenters. The number of hydrogen-bond donors (Lipinski definition) is 3. The molecule has 3 N–H and O–H groups in total. The zero-order chi connectivity index (χ0) is 10.6. The van der Waals surface area contributed by atoms with Gasteiger partial charge in [0.1, 0.15) is 0 Å². The molecule has 78 valence electrons. The predicted octanol–water partition coefficient (Wildman–Crippen LogP) is -1.45. The van der Waals surface area contributed by atoms with E-state index >= 15 is 0 Å². The van der Waals surface area contributed by atoms with E-state index in [2.05, 4.69) is 10.3 Å². The number of aryl methyl sites for hydroxylation is 1. The van der Waals surface area contributed by atoms with Gasteiger partial charge in [-0.25, -0.2) is 4.98 Å². The molecule has 0 radical (unpaired) electrons. The van der Waals surface area contributed by atoms with Gasteiger partial charge in [-0.3, -0.25) is 4.79 Å². The van der Waals surface area contributed by atoms with Gasteiger partial charge in [-0.1, -0.05) is 0 Å². The molecule has 6 heteroatoms. The van der Waals surface area contributed by atoms with Crippen LogP contribution in [0.1, 0.15) is 0 Å². The van der Waals surface area contributed by atoms with Crippen LogP contribution in [-0.2, 0) is 7.05 Å². The lowest BCUT2D eigenvalue weighted by atomic mass is 10.3. The molecule has 0 fully saturated rings. The van der Waals surface area contributed by atoms with Crippen molar-refractivity contribution in [2.45, 2.75) is 6.04 Å². The molecule has 0 atom stereocenters. The van der Waals surface area contributed by atoms with Crippen molar-refractivity contribution >= 4 is 5.82 Å². The van der Waals surface area contributed by atoms with Crippen LogP contribution in [0.2, 0.25) is 0 Å². The molecule has 0 aromatic carbocycles. The van der Waals surface area contributed by atoms with Gasteiger partial charge in [0.05, 0.1) is 19.3 Å². The summed E-state index contributed by atoms with van der Waals surface area (Å²) in [6, 6.07) is -0.558. The fourth-order valence-corrected chi connectivity index (χ4v) is 0.939. The number of aromatic nitrogens is 2. The Bertz CT molecular complexity index is 346. The van der Waals surface area contributed by atoms with E-state index in [1.807, 2.05) is 0 Å². The number of anilines is 1. The molecule has 0 aliphatic carbocycles. The second kappa shape index (κ2) is 4.73. The van der Waals surface area contributed by atoms with Crippen molar-refractivity contribution in [2.24, 2.45) is 7.05 Å². The Balaban J connectivity index is 2.86. The molecular formula is C8H13N3O3. The van der Waals surface area contributed by atoms with Gasteiger partial charge in [-0.2, -0.15) is 0 Å². The van der Waals surface area contributed by atoms with E-state index in [-0.39, 0.29) is 24.6 Å². The lowest BCUT2D eigenvalue weighted by Gasteiger charge is -2.13. The number of nitrogens with zero attached hydrogens (tertiary/aromatic N) is 2. The van der Waals surface area contributed by atoms with Crippen molar-refractivity contribution in [1.82, 2.24) is 9.55 Å². The summed E-state index contributed by atoms with van der Waals surface area (Å²) in [6.07, 6.45) is 3.00. The highest BCUT2D eigenvalue weighted by Gasteiger charge is 2.09. The molecule has 1 heterocycles. The van der Waals surface area contributed by atoms with Gasteiger partial charge in [0.2, 0.25) is 0 Å². The lowest BCUT2D eigenvalue weighted by molar-refractivity contribution is 0.203. The quantitative estimate of drug-likeness (QED) is 0.552. The van der Waals surface area contributed by atoms with Crippen LogP contribution in [0.5, 0.6) is 0 Å². The largest absolute Gasteiger partial charge is 0.394 e. The maximum Gasteiger partial charge on any atom is 0.293 e. The van der Waals surface area contributed by atoms with Crippen molar-refractivity contribution in [3.05, 3.63) is 22.7 Å². The third-order valence-electron chi connectivity index (χ3n) is 1.80. The predicted molar refractivity (Wildman–Crippen MR) is 51.1 cm³/mol. The molecule has 0 amide bonds. The minimum Gasteiger partial charge on any atom is -0.394 e. The van der Waals surface area contributed by atoms with Gasteiger partial charge in [0.25, 0.3) is 5.56 Å². The normalized spacial score (nSPS) is 10.6. The smallest absolute Gasteiger partial charge is 0.293 e. The van der Waals surface area contributed by atoms with Gasteiger partial charge in [-0.15, -0.1) is 0 Å². The topological polar surface area (TPSA) is 87.4 Å². The van der Waals surface area contributed by atoms with Gasteiger partial charge >= 0.3 is 0 Å². The summed E-state index contributed by atoms with van der Waals surface area (Å²) in [5, 5.41) is 20.2. The molecule has 0 saturated heterocycles. The lowest BCUT2D eigenvalue weighted by Crippen LogP contribution is -2.32. The molecule has 14 heavy (non-hydrogen) atoms. The average Bonchev–Trinajstić information content (AvgIpc) is 2.20. The summed E-state index contributed by atoms with van der Waals surface area (Å²) in [7, 11) is 1.60.